The van der Waals surface area contributed by atoms with E-state index in [0.717, 1.165) is 18.6 Å². The normalized spacial score (nSPS) is 13.7. The highest BCUT2D eigenvalue weighted by atomic mass is 32.1. The van der Waals surface area contributed by atoms with Gasteiger partial charge in [0.05, 0.1) is 17.7 Å². The molecule has 0 saturated carbocycles. The van der Waals surface area contributed by atoms with Crippen LogP contribution in [0.15, 0.2) is 53.9 Å². The number of hydrogen-bond donors (Lipinski definition) is 2. The van der Waals surface area contributed by atoms with Crippen LogP contribution in [-0.2, 0) is 22.2 Å². The predicted molar refractivity (Wildman–Crippen MR) is 122 cm³/mol. The van der Waals surface area contributed by atoms with Gasteiger partial charge in [-0.1, -0.05) is 12.1 Å². The van der Waals surface area contributed by atoms with Gasteiger partial charge in [0, 0.05) is 35.3 Å². The Balaban J connectivity index is 1.38. The molecule has 1 aromatic heterocycles. The summed E-state index contributed by atoms with van der Waals surface area (Å²) >= 11 is 1.30. The van der Waals surface area contributed by atoms with E-state index in [0.29, 0.717) is 29.5 Å². The van der Waals surface area contributed by atoms with E-state index in [9.17, 15) is 27.6 Å². The van der Waals surface area contributed by atoms with Crippen molar-refractivity contribution in [3.63, 3.8) is 0 Å². The number of rotatable bonds is 6. The Morgan fingerprint density at radius 1 is 1.06 bits per heavy atom. The Hall–Kier alpha value is -3.73. The molecule has 2 heterocycles. The molecule has 0 unspecified atom stereocenters. The Morgan fingerprint density at radius 2 is 1.79 bits per heavy atom. The zero-order chi connectivity index (χ0) is 24.3. The van der Waals surface area contributed by atoms with Gasteiger partial charge in [0.15, 0.2) is 5.13 Å². The molecule has 1 saturated heterocycles. The summed E-state index contributed by atoms with van der Waals surface area (Å²) in [5.74, 6) is -0.958. The van der Waals surface area contributed by atoms with Gasteiger partial charge in [-0.2, -0.15) is 13.2 Å². The van der Waals surface area contributed by atoms with Crippen LogP contribution < -0.4 is 15.5 Å². The zero-order valence-electron chi connectivity index (χ0n) is 17.7. The number of thiazole rings is 1. The minimum absolute atomic E-state index is 0.00471. The second kappa shape index (κ2) is 9.64. The van der Waals surface area contributed by atoms with Gasteiger partial charge in [0.25, 0.3) is 5.91 Å². The molecule has 1 aliphatic rings. The summed E-state index contributed by atoms with van der Waals surface area (Å²) in [6.07, 6.45) is -3.26. The van der Waals surface area contributed by atoms with E-state index >= 15 is 0 Å². The molecule has 7 nitrogen and oxygen atoms in total. The number of nitrogens with zero attached hydrogens (tertiary/aromatic N) is 2. The number of amides is 3. The highest BCUT2D eigenvalue weighted by Crippen LogP contribution is 2.31. The standard InChI is InChI=1S/C23H19F3N4O3S/c24-23(25,26)15-5-2-7-17(11-15)28-21(33)14-4-1-6-16(10-14)27-19(31)12-18-13-34-22(29-18)30-9-3-8-20(30)32/h1-2,4-7,10-11,13H,3,8-9,12H2,(H,27,31)(H,28,33). The number of carbonyl (C=O) groups excluding carboxylic acids is 3. The highest BCUT2D eigenvalue weighted by molar-refractivity contribution is 7.14. The fraction of sp³-hybridized carbons (Fsp3) is 0.217. The largest absolute Gasteiger partial charge is 0.416 e. The summed E-state index contributed by atoms with van der Waals surface area (Å²) in [4.78, 5) is 42.8. The zero-order valence-corrected chi connectivity index (χ0v) is 18.5. The molecular formula is C23H19F3N4O3S. The molecule has 1 aliphatic heterocycles. The number of hydrogen-bond acceptors (Lipinski definition) is 5. The summed E-state index contributed by atoms with van der Waals surface area (Å²) in [7, 11) is 0. The first-order valence-electron chi connectivity index (χ1n) is 10.3. The lowest BCUT2D eigenvalue weighted by atomic mass is 10.1. The second-order valence-electron chi connectivity index (χ2n) is 7.61. The van der Waals surface area contributed by atoms with Crippen LogP contribution in [-0.4, -0.2) is 29.3 Å². The van der Waals surface area contributed by atoms with Crippen molar-refractivity contribution in [1.29, 1.82) is 0 Å². The van der Waals surface area contributed by atoms with Crippen LogP contribution >= 0.6 is 11.3 Å². The first kappa shape index (κ1) is 23.4. The lowest BCUT2D eigenvalue weighted by Gasteiger charge is -2.11. The summed E-state index contributed by atoms with van der Waals surface area (Å²) < 4.78 is 38.6. The molecule has 2 aromatic carbocycles. The Morgan fingerprint density at radius 3 is 2.50 bits per heavy atom. The van der Waals surface area contributed by atoms with Crippen LogP contribution in [0.2, 0.25) is 0 Å². The van der Waals surface area contributed by atoms with E-state index in [1.165, 1.54) is 35.6 Å². The van der Waals surface area contributed by atoms with Crippen molar-refractivity contribution in [2.45, 2.75) is 25.4 Å². The number of nitrogens with one attached hydrogen (secondary N) is 2. The Bertz CT molecular complexity index is 1240. The first-order valence-corrected chi connectivity index (χ1v) is 11.2. The van der Waals surface area contributed by atoms with Crippen molar-refractivity contribution in [2.24, 2.45) is 0 Å². The number of aromatic nitrogens is 1. The van der Waals surface area contributed by atoms with Gasteiger partial charge >= 0.3 is 6.18 Å². The molecule has 3 aromatic rings. The quantitative estimate of drug-likeness (QED) is 0.525. The number of halogens is 3. The lowest BCUT2D eigenvalue weighted by Crippen LogP contribution is -2.23. The number of alkyl halides is 3. The summed E-state index contributed by atoms with van der Waals surface area (Å²) in [5.41, 5.74) is 0.178. The van der Waals surface area contributed by atoms with E-state index in [4.69, 9.17) is 0 Å². The molecule has 0 radical (unpaired) electrons. The van der Waals surface area contributed by atoms with Gasteiger partial charge in [-0.15, -0.1) is 11.3 Å². The molecule has 4 rings (SSSR count). The van der Waals surface area contributed by atoms with Gasteiger partial charge in [-0.3, -0.25) is 19.3 Å². The van der Waals surface area contributed by atoms with Gasteiger partial charge in [-0.05, 0) is 42.8 Å². The van der Waals surface area contributed by atoms with E-state index in [2.05, 4.69) is 15.6 Å². The van der Waals surface area contributed by atoms with Crippen molar-refractivity contribution in [3.05, 3.63) is 70.7 Å². The van der Waals surface area contributed by atoms with Crippen LogP contribution in [0.4, 0.5) is 29.7 Å². The number of anilines is 3. The molecule has 176 valence electrons. The monoisotopic (exact) mass is 488 g/mol. The SMILES string of the molecule is O=C(Cc1csc(N2CCCC2=O)n1)Nc1cccc(C(=O)Nc2cccc(C(F)(F)F)c2)c1. The summed E-state index contributed by atoms with van der Waals surface area (Å²) in [6.45, 7) is 0.618. The van der Waals surface area contributed by atoms with Gasteiger partial charge in [0.2, 0.25) is 11.8 Å². The minimum Gasteiger partial charge on any atom is -0.326 e. The Labute approximate surface area is 196 Å². The number of benzene rings is 2. The average molecular weight is 488 g/mol. The third-order valence-electron chi connectivity index (χ3n) is 5.04. The molecular weight excluding hydrogens is 469 g/mol. The minimum atomic E-state index is -4.52. The van der Waals surface area contributed by atoms with E-state index in [1.807, 2.05) is 0 Å². The smallest absolute Gasteiger partial charge is 0.326 e. The molecule has 3 amide bonds. The van der Waals surface area contributed by atoms with Crippen molar-refractivity contribution < 1.29 is 27.6 Å². The third-order valence-corrected chi connectivity index (χ3v) is 5.95. The highest BCUT2D eigenvalue weighted by Gasteiger charge is 2.30. The van der Waals surface area contributed by atoms with Crippen molar-refractivity contribution in [1.82, 2.24) is 4.98 Å². The first-order chi connectivity index (χ1) is 16.2. The van der Waals surface area contributed by atoms with Gasteiger partial charge in [-0.25, -0.2) is 4.98 Å². The van der Waals surface area contributed by atoms with Gasteiger partial charge in [0.1, 0.15) is 0 Å². The fourth-order valence-electron chi connectivity index (χ4n) is 3.44. The van der Waals surface area contributed by atoms with Crippen LogP contribution in [0.5, 0.6) is 0 Å². The van der Waals surface area contributed by atoms with Crippen LogP contribution in [0.3, 0.4) is 0 Å². The number of carbonyl (C=O) groups is 3. The fourth-order valence-corrected chi connectivity index (χ4v) is 4.30. The lowest BCUT2D eigenvalue weighted by molar-refractivity contribution is -0.137. The van der Waals surface area contributed by atoms with Crippen LogP contribution in [0.1, 0.15) is 34.5 Å². The molecule has 34 heavy (non-hydrogen) atoms. The molecule has 11 heteroatoms. The third kappa shape index (κ3) is 5.60. The maximum absolute atomic E-state index is 12.9. The molecule has 0 spiro atoms. The topological polar surface area (TPSA) is 91.4 Å². The van der Waals surface area contributed by atoms with Gasteiger partial charge < -0.3 is 10.6 Å². The van der Waals surface area contributed by atoms with E-state index in [-0.39, 0.29) is 29.5 Å². The Kier molecular flexibility index (Phi) is 6.64. The van der Waals surface area contributed by atoms with Crippen LogP contribution in [0, 0.1) is 0 Å². The van der Waals surface area contributed by atoms with Crippen molar-refractivity contribution in [2.75, 3.05) is 22.1 Å². The van der Waals surface area contributed by atoms with Crippen molar-refractivity contribution in [3.8, 4) is 0 Å². The van der Waals surface area contributed by atoms with E-state index in [1.54, 1.807) is 22.4 Å². The summed E-state index contributed by atoms with van der Waals surface area (Å²) in [6, 6.07) is 10.4. The van der Waals surface area contributed by atoms with Crippen LogP contribution in [0.25, 0.3) is 0 Å². The molecule has 1 fully saturated rings. The molecule has 0 bridgehead atoms. The molecule has 0 atom stereocenters. The van der Waals surface area contributed by atoms with Crippen molar-refractivity contribution >= 4 is 45.6 Å². The maximum Gasteiger partial charge on any atom is 0.416 e. The predicted octanol–water partition coefficient (Wildman–Crippen LogP) is 4.72. The summed E-state index contributed by atoms with van der Waals surface area (Å²) in [5, 5.41) is 7.40. The average Bonchev–Trinajstić information content (AvgIpc) is 3.42. The molecule has 0 aliphatic carbocycles. The van der Waals surface area contributed by atoms with E-state index < -0.39 is 17.6 Å². The second-order valence-corrected chi connectivity index (χ2v) is 8.45. The maximum atomic E-state index is 12.9. The molecule has 2 N–H and O–H groups in total.